The normalized spacial score (nSPS) is 12.3. The van der Waals surface area contributed by atoms with Gasteiger partial charge in [0, 0.05) is 11.6 Å². The highest BCUT2D eigenvalue weighted by Crippen LogP contribution is 2.60. The second kappa shape index (κ2) is 10.7. The Hall–Kier alpha value is -4.54. The topological polar surface area (TPSA) is 284 Å². The lowest BCUT2D eigenvalue weighted by molar-refractivity contribution is -0.132. The molecule has 1 unspecified atom stereocenters. The van der Waals surface area contributed by atoms with Crippen LogP contribution in [-0.4, -0.2) is 86.2 Å². The van der Waals surface area contributed by atoms with Gasteiger partial charge < -0.3 is 71.9 Å². The summed E-state index contributed by atoms with van der Waals surface area (Å²) in [5.41, 5.74) is -4.50. The molecule has 0 fully saturated rings. The smallest absolute Gasteiger partial charge is 0.343 e. The number of anilines is 1. The fourth-order valence-electron chi connectivity index (χ4n) is 3.65. The number of phenols is 8. The molecular formula is C23H23ClN2O13. The number of aromatic hydroxyl groups is 8. The van der Waals surface area contributed by atoms with E-state index < -0.39 is 92.9 Å². The maximum Gasteiger partial charge on any atom is 0.343 e. The van der Waals surface area contributed by atoms with Gasteiger partial charge in [-0.1, -0.05) is 23.7 Å². The zero-order valence-electron chi connectivity index (χ0n) is 19.5. The number of hydrogen-bond acceptors (Lipinski definition) is 14. The highest BCUT2D eigenvalue weighted by Gasteiger charge is 2.36. The third kappa shape index (κ3) is 5.52. The molecule has 0 amide bonds. The van der Waals surface area contributed by atoms with Crippen LogP contribution >= 0.6 is 11.6 Å². The standard InChI is InChI=1S/C23H23ClN2O13/c24-8-3-1-2-7(4-8)9(27)5-25-6-23(38,39)26-13-15(29)11(17(31)21(35)19(13)33)10-14(28)12(22(36)37)18(32)20(34)16(10)30/h1-4,9,25-35,38-39H,5-6H2,(H,36,37). The maximum atomic E-state index is 11.5. The second-order valence-electron chi connectivity index (χ2n) is 8.24. The number of halogens is 1. The Labute approximate surface area is 222 Å². The van der Waals surface area contributed by atoms with E-state index in [0.29, 0.717) is 10.6 Å². The third-order valence-corrected chi connectivity index (χ3v) is 5.76. The zero-order chi connectivity index (χ0) is 29.4. The van der Waals surface area contributed by atoms with E-state index in [2.05, 4.69) is 5.32 Å². The molecule has 3 rings (SSSR count). The average Bonchev–Trinajstić information content (AvgIpc) is 2.85. The van der Waals surface area contributed by atoms with Crippen molar-refractivity contribution < 1.29 is 66.1 Å². The van der Waals surface area contributed by atoms with E-state index in [-0.39, 0.29) is 6.54 Å². The lowest BCUT2D eigenvalue weighted by Gasteiger charge is -2.27. The van der Waals surface area contributed by atoms with Crippen LogP contribution in [0.25, 0.3) is 11.1 Å². The molecule has 0 saturated heterocycles. The first-order chi connectivity index (χ1) is 18.1. The summed E-state index contributed by atoms with van der Waals surface area (Å²) in [6.45, 7) is -1.05. The number of aromatic carboxylic acids is 1. The van der Waals surface area contributed by atoms with E-state index in [1.165, 1.54) is 6.07 Å². The summed E-state index contributed by atoms with van der Waals surface area (Å²) in [5, 5.41) is 127. The van der Waals surface area contributed by atoms with E-state index in [4.69, 9.17) is 11.6 Å². The number of carbonyl (C=O) groups is 1. The second-order valence-corrected chi connectivity index (χ2v) is 8.67. The van der Waals surface area contributed by atoms with Crippen LogP contribution in [0, 0.1) is 0 Å². The molecule has 3 aromatic rings. The molecule has 0 spiro atoms. The summed E-state index contributed by atoms with van der Waals surface area (Å²) >= 11 is 5.86. The van der Waals surface area contributed by atoms with E-state index in [1.807, 2.05) is 5.32 Å². The van der Waals surface area contributed by atoms with Gasteiger partial charge in [0.15, 0.2) is 28.7 Å². The van der Waals surface area contributed by atoms with Crippen molar-refractivity contribution in [2.75, 3.05) is 18.4 Å². The van der Waals surface area contributed by atoms with Gasteiger partial charge in [-0.15, -0.1) is 0 Å². The van der Waals surface area contributed by atoms with E-state index >= 15 is 0 Å². The van der Waals surface area contributed by atoms with Gasteiger partial charge >= 0.3 is 5.97 Å². The molecule has 39 heavy (non-hydrogen) atoms. The molecule has 0 heterocycles. The van der Waals surface area contributed by atoms with E-state index in [9.17, 15) is 66.1 Å². The minimum atomic E-state index is -3.06. The van der Waals surface area contributed by atoms with Crippen molar-refractivity contribution in [3.05, 3.63) is 40.4 Å². The van der Waals surface area contributed by atoms with Gasteiger partial charge in [-0.2, -0.15) is 0 Å². The SMILES string of the molecule is O=C(O)c1c(O)c(O)c(O)c(-c2c(O)c(O)c(O)c(NC(O)(O)CNCC(O)c3cccc(Cl)c3)c2O)c1O. The quantitative estimate of drug-likeness (QED) is 0.0957. The summed E-state index contributed by atoms with van der Waals surface area (Å²) in [7, 11) is 0. The van der Waals surface area contributed by atoms with Crippen LogP contribution in [0.1, 0.15) is 22.0 Å². The van der Waals surface area contributed by atoms with E-state index in [0.717, 1.165) is 0 Å². The molecule has 3 aromatic carbocycles. The number of rotatable bonds is 9. The number of carboxylic acids is 1. The number of aliphatic hydroxyl groups is 3. The van der Waals surface area contributed by atoms with Crippen molar-refractivity contribution >= 4 is 23.3 Å². The van der Waals surface area contributed by atoms with Crippen molar-refractivity contribution in [1.82, 2.24) is 5.32 Å². The summed E-state index contributed by atoms with van der Waals surface area (Å²) < 4.78 is 0. The van der Waals surface area contributed by atoms with Crippen LogP contribution in [0.4, 0.5) is 5.69 Å². The first-order valence-corrected chi connectivity index (χ1v) is 11.1. The molecule has 0 radical (unpaired) electrons. The summed E-state index contributed by atoms with van der Waals surface area (Å²) in [6.07, 6.45) is -1.15. The predicted molar refractivity (Wildman–Crippen MR) is 132 cm³/mol. The number of carboxylic acid groups (broad SMARTS) is 1. The van der Waals surface area contributed by atoms with Gasteiger partial charge in [0.05, 0.1) is 23.8 Å². The number of phenolic OH excluding ortho intramolecular Hbond substituents is 6. The molecule has 0 aliphatic heterocycles. The van der Waals surface area contributed by atoms with Gasteiger partial charge in [0.2, 0.25) is 11.5 Å². The molecule has 14 N–H and O–H groups in total. The molecule has 0 saturated carbocycles. The number of benzene rings is 3. The maximum absolute atomic E-state index is 11.5. The van der Waals surface area contributed by atoms with Crippen LogP contribution in [0.15, 0.2) is 24.3 Å². The monoisotopic (exact) mass is 570 g/mol. The Morgan fingerprint density at radius 1 is 0.821 bits per heavy atom. The summed E-state index contributed by atoms with van der Waals surface area (Å²) in [4.78, 5) is 11.5. The molecule has 1 atom stereocenters. The Bertz CT molecular complexity index is 1440. The van der Waals surface area contributed by atoms with Crippen LogP contribution in [0.5, 0.6) is 46.0 Å². The van der Waals surface area contributed by atoms with Gasteiger partial charge in [0.1, 0.15) is 17.0 Å². The minimum Gasteiger partial charge on any atom is -0.506 e. The number of aliphatic hydroxyl groups excluding tert-OH is 1. The van der Waals surface area contributed by atoms with Crippen LogP contribution < -0.4 is 10.6 Å². The fourth-order valence-corrected chi connectivity index (χ4v) is 3.85. The summed E-state index contributed by atoms with van der Waals surface area (Å²) in [6, 6.07) is 6.17. The van der Waals surface area contributed by atoms with E-state index in [1.54, 1.807) is 18.2 Å². The molecule has 15 nitrogen and oxygen atoms in total. The first kappa shape index (κ1) is 29.0. The van der Waals surface area contributed by atoms with Gasteiger partial charge in [-0.25, -0.2) is 4.79 Å². The summed E-state index contributed by atoms with van der Waals surface area (Å²) in [5.74, 6) is -16.7. The number of hydrogen-bond donors (Lipinski definition) is 14. The average molecular weight is 571 g/mol. The largest absolute Gasteiger partial charge is 0.506 e. The zero-order valence-corrected chi connectivity index (χ0v) is 20.2. The molecule has 210 valence electrons. The molecule has 0 aliphatic carbocycles. The van der Waals surface area contributed by atoms with Gasteiger partial charge in [0.25, 0.3) is 5.91 Å². The first-order valence-electron chi connectivity index (χ1n) is 10.7. The van der Waals surface area contributed by atoms with Gasteiger partial charge in [-0.05, 0) is 17.7 Å². The molecular weight excluding hydrogens is 548 g/mol. The predicted octanol–water partition coefficient (Wildman–Crippen LogP) is 0.723. The van der Waals surface area contributed by atoms with Gasteiger partial charge in [-0.3, -0.25) is 0 Å². The Kier molecular flexibility index (Phi) is 7.95. The molecule has 0 aliphatic rings. The van der Waals surface area contributed by atoms with Crippen molar-refractivity contribution in [3.8, 4) is 57.1 Å². The molecule has 16 heteroatoms. The fraction of sp³-hybridized carbons (Fsp3) is 0.174. The van der Waals surface area contributed by atoms with Crippen LogP contribution in [-0.2, 0) is 0 Å². The molecule has 0 bridgehead atoms. The Balaban J connectivity index is 1.99. The number of nitrogens with one attached hydrogen (secondary N) is 2. The van der Waals surface area contributed by atoms with Crippen molar-refractivity contribution in [3.63, 3.8) is 0 Å². The Morgan fingerprint density at radius 2 is 1.38 bits per heavy atom. The Morgan fingerprint density at radius 3 is 1.95 bits per heavy atom. The lowest BCUT2D eigenvalue weighted by Crippen LogP contribution is -2.48. The third-order valence-electron chi connectivity index (χ3n) is 5.52. The van der Waals surface area contributed by atoms with Crippen LogP contribution in [0.3, 0.4) is 0 Å². The molecule has 0 aromatic heterocycles. The minimum absolute atomic E-state index is 0.249. The lowest BCUT2D eigenvalue weighted by atomic mass is 9.95. The highest BCUT2D eigenvalue weighted by atomic mass is 35.5. The van der Waals surface area contributed by atoms with Crippen LogP contribution in [0.2, 0.25) is 5.02 Å². The van der Waals surface area contributed by atoms with Crippen molar-refractivity contribution in [1.29, 1.82) is 0 Å². The van der Waals surface area contributed by atoms with Crippen molar-refractivity contribution in [2.24, 2.45) is 0 Å². The van der Waals surface area contributed by atoms with Crippen molar-refractivity contribution in [2.45, 2.75) is 12.0 Å². The highest BCUT2D eigenvalue weighted by molar-refractivity contribution is 6.30.